The summed E-state index contributed by atoms with van der Waals surface area (Å²) in [6, 6.07) is 0. The number of carbonyl (C=O) groups excluding carboxylic acids is 1. The molecule has 0 aromatic heterocycles. The highest BCUT2D eigenvalue weighted by molar-refractivity contribution is 6.21. The molecule has 3 heteroatoms. The Balaban J connectivity index is 2.39. The summed E-state index contributed by atoms with van der Waals surface area (Å²) in [5.74, 6) is 0.137. The zero-order valence-corrected chi connectivity index (χ0v) is 6.19. The number of likely N-dealkylation sites (tertiary alicyclic amines) is 1. The van der Waals surface area contributed by atoms with E-state index in [4.69, 9.17) is 11.6 Å². The highest BCUT2D eigenvalue weighted by Gasteiger charge is 2.21. The Morgan fingerprint density at radius 2 is 2.44 bits per heavy atom. The number of carbonyl (C=O) groups is 1. The van der Waals surface area contributed by atoms with Gasteiger partial charge in [0.05, 0.1) is 5.38 Å². The standard InChI is InChI=1S/C6H10ClNO/c1-5(9)8-3-2-6(7)4-8/h6H,2-4H2,1H3/t6-/m1/s1. The molecule has 0 aliphatic carbocycles. The predicted octanol–water partition coefficient (Wildman–Crippen LogP) is 0.846. The molecule has 1 aliphatic heterocycles. The molecule has 0 aromatic carbocycles. The summed E-state index contributed by atoms with van der Waals surface area (Å²) in [4.78, 5) is 12.4. The molecular weight excluding hydrogens is 138 g/mol. The molecule has 52 valence electrons. The summed E-state index contributed by atoms with van der Waals surface area (Å²) in [5.41, 5.74) is 0. The van der Waals surface area contributed by atoms with E-state index in [1.807, 2.05) is 0 Å². The number of rotatable bonds is 0. The lowest BCUT2D eigenvalue weighted by atomic mass is 10.4. The van der Waals surface area contributed by atoms with Crippen molar-refractivity contribution in [3.63, 3.8) is 0 Å². The smallest absolute Gasteiger partial charge is 0.219 e. The van der Waals surface area contributed by atoms with Gasteiger partial charge in [-0.2, -0.15) is 0 Å². The molecule has 1 rings (SSSR count). The Morgan fingerprint density at radius 1 is 1.78 bits per heavy atom. The molecule has 1 fully saturated rings. The van der Waals surface area contributed by atoms with Crippen molar-refractivity contribution in [3.05, 3.63) is 0 Å². The van der Waals surface area contributed by atoms with Gasteiger partial charge in [-0.3, -0.25) is 4.79 Å². The minimum Gasteiger partial charge on any atom is -0.341 e. The highest BCUT2D eigenvalue weighted by Crippen LogP contribution is 2.13. The molecule has 0 bridgehead atoms. The summed E-state index contributed by atoms with van der Waals surface area (Å²) in [6.45, 7) is 3.15. The van der Waals surface area contributed by atoms with Gasteiger partial charge in [0.2, 0.25) is 5.91 Å². The first-order valence-electron chi connectivity index (χ1n) is 3.09. The first-order chi connectivity index (χ1) is 4.20. The van der Waals surface area contributed by atoms with Crippen molar-refractivity contribution in [1.82, 2.24) is 4.90 Å². The van der Waals surface area contributed by atoms with Gasteiger partial charge in [0.15, 0.2) is 0 Å². The SMILES string of the molecule is CC(=O)N1CC[C@@H](Cl)C1. The molecule has 1 heterocycles. The minimum absolute atomic E-state index is 0.137. The number of nitrogens with zero attached hydrogens (tertiary/aromatic N) is 1. The van der Waals surface area contributed by atoms with Gasteiger partial charge in [-0.25, -0.2) is 0 Å². The molecule has 0 saturated carbocycles. The highest BCUT2D eigenvalue weighted by atomic mass is 35.5. The molecule has 0 unspecified atom stereocenters. The lowest BCUT2D eigenvalue weighted by Crippen LogP contribution is -2.25. The van der Waals surface area contributed by atoms with Gasteiger partial charge in [-0.15, -0.1) is 11.6 Å². The third-order valence-electron chi connectivity index (χ3n) is 1.58. The zero-order valence-electron chi connectivity index (χ0n) is 5.43. The summed E-state index contributed by atoms with van der Waals surface area (Å²) in [7, 11) is 0. The number of amides is 1. The molecule has 1 atom stereocenters. The molecule has 9 heavy (non-hydrogen) atoms. The van der Waals surface area contributed by atoms with Crippen molar-refractivity contribution < 1.29 is 4.79 Å². The van der Waals surface area contributed by atoms with Crippen LogP contribution in [0.1, 0.15) is 13.3 Å². The Hall–Kier alpha value is -0.240. The van der Waals surface area contributed by atoms with E-state index in [2.05, 4.69) is 0 Å². The summed E-state index contributed by atoms with van der Waals surface area (Å²) in [5, 5.41) is 0.189. The third-order valence-corrected chi connectivity index (χ3v) is 1.93. The largest absolute Gasteiger partial charge is 0.341 e. The minimum atomic E-state index is 0.137. The van der Waals surface area contributed by atoms with E-state index in [1.165, 1.54) is 0 Å². The van der Waals surface area contributed by atoms with Crippen LogP contribution in [-0.4, -0.2) is 29.3 Å². The van der Waals surface area contributed by atoms with Crippen LogP contribution in [0.3, 0.4) is 0 Å². The first-order valence-corrected chi connectivity index (χ1v) is 3.53. The normalized spacial score (nSPS) is 26.9. The molecule has 0 radical (unpaired) electrons. The molecule has 1 aliphatic rings. The second kappa shape index (κ2) is 2.56. The monoisotopic (exact) mass is 147 g/mol. The Labute approximate surface area is 59.8 Å². The van der Waals surface area contributed by atoms with Gasteiger partial charge in [0.1, 0.15) is 0 Å². The second-order valence-corrected chi connectivity index (χ2v) is 2.97. The van der Waals surface area contributed by atoms with E-state index >= 15 is 0 Å². The Bertz CT molecular complexity index is 126. The number of hydrogen-bond donors (Lipinski definition) is 0. The van der Waals surface area contributed by atoms with Crippen LogP contribution in [0.15, 0.2) is 0 Å². The first kappa shape index (κ1) is 6.87. The summed E-state index contributed by atoms with van der Waals surface area (Å²) in [6.07, 6.45) is 0.946. The maximum atomic E-state index is 10.7. The second-order valence-electron chi connectivity index (χ2n) is 2.35. The fourth-order valence-electron chi connectivity index (χ4n) is 1.00. The van der Waals surface area contributed by atoms with Gasteiger partial charge in [-0.1, -0.05) is 0 Å². The van der Waals surface area contributed by atoms with Crippen molar-refractivity contribution in [2.75, 3.05) is 13.1 Å². The van der Waals surface area contributed by atoms with Crippen LogP contribution < -0.4 is 0 Å². The molecule has 2 nitrogen and oxygen atoms in total. The van der Waals surface area contributed by atoms with Crippen LogP contribution in [0.4, 0.5) is 0 Å². The Morgan fingerprint density at radius 3 is 2.67 bits per heavy atom. The van der Waals surface area contributed by atoms with Crippen molar-refractivity contribution in [2.45, 2.75) is 18.7 Å². The van der Waals surface area contributed by atoms with Gasteiger partial charge < -0.3 is 4.90 Å². The van der Waals surface area contributed by atoms with E-state index < -0.39 is 0 Å². The molecule has 0 spiro atoms. The van der Waals surface area contributed by atoms with Crippen LogP contribution in [-0.2, 0) is 4.79 Å². The molecular formula is C6H10ClNO. The van der Waals surface area contributed by atoms with Gasteiger partial charge in [0.25, 0.3) is 0 Å². The summed E-state index contributed by atoms with van der Waals surface area (Å²) >= 11 is 5.76. The lowest BCUT2D eigenvalue weighted by Gasteiger charge is -2.10. The molecule has 1 amide bonds. The van der Waals surface area contributed by atoms with E-state index in [0.717, 1.165) is 19.5 Å². The predicted molar refractivity (Wildman–Crippen MR) is 36.5 cm³/mol. The average molecular weight is 148 g/mol. The summed E-state index contributed by atoms with van der Waals surface area (Å²) < 4.78 is 0. The lowest BCUT2D eigenvalue weighted by molar-refractivity contribution is -0.127. The fourth-order valence-corrected chi connectivity index (χ4v) is 1.27. The van der Waals surface area contributed by atoms with Crippen molar-refractivity contribution in [2.24, 2.45) is 0 Å². The third kappa shape index (κ3) is 1.58. The fraction of sp³-hybridized carbons (Fsp3) is 0.833. The van der Waals surface area contributed by atoms with Crippen LogP contribution in [0, 0.1) is 0 Å². The number of halogens is 1. The van der Waals surface area contributed by atoms with E-state index in [0.29, 0.717) is 0 Å². The molecule has 1 saturated heterocycles. The van der Waals surface area contributed by atoms with E-state index in [-0.39, 0.29) is 11.3 Å². The van der Waals surface area contributed by atoms with Crippen molar-refractivity contribution >= 4 is 17.5 Å². The maximum absolute atomic E-state index is 10.7. The van der Waals surface area contributed by atoms with Crippen LogP contribution in [0.25, 0.3) is 0 Å². The molecule has 0 N–H and O–H groups in total. The average Bonchev–Trinajstić information content (AvgIpc) is 2.14. The van der Waals surface area contributed by atoms with Gasteiger partial charge >= 0.3 is 0 Å². The Kier molecular flexibility index (Phi) is 1.96. The zero-order chi connectivity index (χ0) is 6.85. The van der Waals surface area contributed by atoms with Crippen LogP contribution >= 0.6 is 11.6 Å². The topological polar surface area (TPSA) is 20.3 Å². The van der Waals surface area contributed by atoms with E-state index in [1.54, 1.807) is 11.8 Å². The van der Waals surface area contributed by atoms with Gasteiger partial charge in [-0.05, 0) is 6.42 Å². The van der Waals surface area contributed by atoms with Crippen LogP contribution in [0.5, 0.6) is 0 Å². The van der Waals surface area contributed by atoms with Gasteiger partial charge in [0, 0.05) is 20.0 Å². The maximum Gasteiger partial charge on any atom is 0.219 e. The quantitative estimate of drug-likeness (QED) is 0.465. The number of alkyl halides is 1. The van der Waals surface area contributed by atoms with Crippen molar-refractivity contribution in [3.8, 4) is 0 Å². The molecule has 0 aromatic rings. The number of hydrogen-bond acceptors (Lipinski definition) is 1. The van der Waals surface area contributed by atoms with E-state index in [9.17, 15) is 4.79 Å². The van der Waals surface area contributed by atoms with Crippen LogP contribution in [0.2, 0.25) is 0 Å². The van der Waals surface area contributed by atoms with Crippen molar-refractivity contribution in [1.29, 1.82) is 0 Å².